The fourth-order valence-electron chi connectivity index (χ4n) is 0.799. The average Bonchev–Trinajstić information content (AvgIpc) is 2.97. The first-order chi connectivity index (χ1) is 8.13. The van der Waals surface area contributed by atoms with Gasteiger partial charge in [0.2, 0.25) is 5.76 Å². The normalized spacial score (nSPS) is 16.4. The minimum Gasteiger partial charge on any atom is -0.475 e. The van der Waals surface area contributed by atoms with Crippen LogP contribution < -0.4 is 0 Å². The van der Waals surface area contributed by atoms with Crippen molar-refractivity contribution < 1.29 is 28.6 Å². The van der Waals surface area contributed by atoms with Crippen LogP contribution in [0, 0.1) is 0 Å². The molecule has 0 radical (unpaired) electrons. The third-order valence-corrected chi connectivity index (χ3v) is 1.71. The average molecular weight is 240 g/mol. The lowest BCUT2D eigenvalue weighted by Crippen LogP contribution is -2.06. The fourth-order valence-corrected chi connectivity index (χ4v) is 0.799. The Morgan fingerprint density at radius 3 is 2.71 bits per heavy atom. The maximum absolute atomic E-state index is 10.3. The van der Waals surface area contributed by atoms with E-state index in [1.54, 1.807) is 0 Å². The second kappa shape index (κ2) is 6.49. The Bertz CT molecular complexity index is 377. The van der Waals surface area contributed by atoms with Gasteiger partial charge in [-0.2, -0.15) is 0 Å². The van der Waals surface area contributed by atoms with Crippen LogP contribution in [0.15, 0.2) is 35.5 Å². The summed E-state index contributed by atoms with van der Waals surface area (Å²) in [6, 6.07) is 2.92. The lowest BCUT2D eigenvalue weighted by molar-refractivity contribution is -0.138. The summed E-state index contributed by atoms with van der Waals surface area (Å²) in [6.45, 7) is 4.32. The van der Waals surface area contributed by atoms with Gasteiger partial charge in [-0.25, -0.2) is 9.59 Å². The molecule has 17 heavy (non-hydrogen) atoms. The molecule has 1 saturated heterocycles. The van der Waals surface area contributed by atoms with Crippen molar-refractivity contribution in [3.8, 4) is 0 Å². The highest BCUT2D eigenvalue weighted by Crippen LogP contribution is 2.08. The van der Waals surface area contributed by atoms with Gasteiger partial charge in [-0.3, -0.25) is 0 Å². The van der Waals surface area contributed by atoms with Crippen LogP contribution >= 0.6 is 0 Å². The molecule has 0 amide bonds. The number of hydrogen-bond acceptors (Lipinski definition) is 5. The zero-order valence-electron chi connectivity index (χ0n) is 9.00. The van der Waals surface area contributed by atoms with E-state index in [4.69, 9.17) is 9.84 Å². The number of carbonyl (C=O) groups is 2. The molecule has 1 aliphatic rings. The number of aromatic carboxylic acids is 1. The first-order valence-corrected chi connectivity index (χ1v) is 4.81. The summed E-state index contributed by atoms with van der Waals surface area (Å²) in [5.41, 5.74) is 0. The third kappa shape index (κ3) is 5.53. The molecule has 2 rings (SSSR count). The standard InChI is InChI=1S/C6H8O3.C5H4O3/c1-2-6(7)9-4-5-3-8-5;6-5(7)4-2-1-3-8-4/h2,5H,1,3-4H2;1-3H,(H,6,7). The minimum absolute atomic E-state index is 0.0231. The van der Waals surface area contributed by atoms with Gasteiger partial charge in [0.25, 0.3) is 0 Å². The van der Waals surface area contributed by atoms with Gasteiger partial charge in [-0.1, -0.05) is 6.58 Å². The molecule has 6 heteroatoms. The van der Waals surface area contributed by atoms with Crippen LogP contribution in [0.25, 0.3) is 0 Å². The predicted molar refractivity (Wildman–Crippen MR) is 56.6 cm³/mol. The van der Waals surface area contributed by atoms with Gasteiger partial charge in [-0.15, -0.1) is 0 Å². The van der Waals surface area contributed by atoms with E-state index in [2.05, 4.69) is 15.7 Å². The van der Waals surface area contributed by atoms with Gasteiger partial charge in [-0.05, 0) is 12.1 Å². The SMILES string of the molecule is C=CC(=O)OCC1CO1.O=C(O)c1ccco1. The maximum atomic E-state index is 10.3. The Balaban J connectivity index is 0.000000171. The third-order valence-electron chi connectivity index (χ3n) is 1.71. The fraction of sp³-hybridized carbons (Fsp3) is 0.273. The van der Waals surface area contributed by atoms with E-state index >= 15 is 0 Å². The first kappa shape index (κ1) is 13.0. The second-order valence-corrected chi connectivity index (χ2v) is 3.07. The monoisotopic (exact) mass is 240 g/mol. The van der Waals surface area contributed by atoms with E-state index in [1.807, 2.05) is 0 Å². The van der Waals surface area contributed by atoms with Gasteiger partial charge in [0.05, 0.1) is 12.9 Å². The van der Waals surface area contributed by atoms with Crippen molar-refractivity contribution in [2.75, 3.05) is 13.2 Å². The van der Waals surface area contributed by atoms with Gasteiger partial charge in [0, 0.05) is 6.08 Å². The topological polar surface area (TPSA) is 89.3 Å². The summed E-state index contributed by atoms with van der Waals surface area (Å²) < 4.78 is 13.9. The Morgan fingerprint density at radius 1 is 1.65 bits per heavy atom. The van der Waals surface area contributed by atoms with Crippen molar-refractivity contribution in [2.45, 2.75) is 6.10 Å². The Morgan fingerprint density at radius 2 is 2.35 bits per heavy atom. The number of furan rings is 1. The lowest BCUT2D eigenvalue weighted by Gasteiger charge is -1.94. The highest BCUT2D eigenvalue weighted by Gasteiger charge is 2.23. The molecular weight excluding hydrogens is 228 g/mol. The summed E-state index contributed by atoms with van der Waals surface area (Å²) in [5.74, 6) is -1.44. The van der Waals surface area contributed by atoms with E-state index in [0.29, 0.717) is 13.2 Å². The molecule has 2 heterocycles. The molecule has 0 aliphatic carbocycles. The van der Waals surface area contributed by atoms with Gasteiger partial charge in [0.15, 0.2) is 0 Å². The van der Waals surface area contributed by atoms with Crippen molar-refractivity contribution in [1.29, 1.82) is 0 Å². The molecule has 1 aliphatic heterocycles. The molecule has 1 aromatic heterocycles. The summed E-state index contributed by atoms with van der Waals surface area (Å²) in [4.78, 5) is 20.3. The Kier molecular flexibility index (Phi) is 4.96. The Labute approximate surface area is 97.4 Å². The summed E-state index contributed by atoms with van der Waals surface area (Å²) in [5, 5.41) is 8.18. The molecule has 6 nitrogen and oxygen atoms in total. The van der Waals surface area contributed by atoms with Crippen LogP contribution in [0.2, 0.25) is 0 Å². The van der Waals surface area contributed by atoms with E-state index in [9.17, 15) is 9.59 Å². The van der Waals surface area contributed by atoms with Gasteiger partial charge < -0.3 is 19.0 Å². The molecule has 92 valence electrons. The first-order valence-electron chi connectivity index (χ1n) is 4.81. The Hall–Kier alpha value is -2.08. The van der Waals surface area contributed by atoms with Crippen molar-refractivity contribution in [3.63, 3.8) is 0 Å². The van der Waals surface area contributed by atoms with Crippen LogP contribution in [0.5, 0.6) is 0 Å². The molecule has 1 N–H and O–H groups in total. The van der Waals surface area contributed by atoms with Crippen LogP contribution in [-0.2, 0) is 14.3 Å². The number of rotatable bonds is 4. The van der Waals surface area contributed by atoms with Crippen LogP contribution in [0.3, 0.4) is 0 Å². The number of epoxide rings is 1. The van der Waals surface area contributed by atoms with E-state index in [1.165, 1.54) is 18.4 Å². The van der Waals surface area contributed by atoms with E-state index < -0.39 is 5.97 Å². The molecule has 0 aromatic carbocycles. The maximum Gasteiger partial charge on any atom is 0.371 e. The van der Waals surface area contributed by atoms with E-state index in [0.717, 1.165) is 6.08 Å². The summed E-state index contributed by atoms with van der Waals surface area (Å²) in [7, 11) is 0. The molecule has 0 spiro atoms. The zero-order chi connectivity index (χ0) is 12.7. The minimum atomic E-state index is -1.03. The smallest absolute Gasteiger partial charge is 0.371 e. The molecule has 1 unspecified atom stereocenters. The molecule has 0 saturated carbocycles. The molecule has 1 atom stereocenters. The van der Waals surface area contributed by atoms with Gasteiger partial charge in [0.1, 0.15) is 12.7 Å². The molecular formula is C11H12O6. The second-order valence-electron chi connectivity index (χ2n) is 3.07. The van der Waals surface area contributed by atoms with Gasteiger partial charge >= 0.3 is 11.9 Å². The predicted octanol–water partition coefficient (Wildman–Crippen LogP) is 1.09. The number of carboxylic acids is 1. The quantitative estimate of drug-likeness (QED) is 0.481. The van der Waals surface area contributed by atoms with Crippen molar-refractivity contribution >= 4 is 11.9 Å². The zero-order valence-corrected chi connectivity index (χ0v) is 9.00. The largest absolute Gasteiger partial charge is 0.475 e. The molecule has 1 fully saturated rings. The number of carboxylic acid groups (broad SMARTS) is 1. The number of hydrogen-bond donors (Lipinski definition) is 1. The summed E-state index contributed by atoms with van der Waals surface area (Å²) in [6.07, 6.45) is 2.61. The summed E-state index contributed by atoms with van der Waals surface area (Å²) >= 11 is 0. The molecule has 1 aromatic rings. The van der Waals surface area contributed by atoms with Crippen molar-refractivity contribution in [1.82, 2.24) is 0 Å². The lowest BCUT2D eigenvalue weighted by atomic mass is 10.5. The number of ether oxygens (including phenoxy) is 2. The van der Waals surface area contributed by atoms with E-state index in [-0.39, 0.29) is 17.8 Å². The van der Waals surface area contributed by atoms with Crippen LogP contribution in [0.1, 0.15) is 10.6 Å². The highest BCUT2D eigenvalue weighted by atomic mass is 16.6. The molecule has 0 bridgehead atoms. The van der Waals surface area contributed by atoms with Crippen molar-refractivity contribution in [2.24, 2.45) is 0 Å². The van der Waals surface area contributed by atoms with Crippen molar-refractivity contribution in [3.05, 3.63) is 36.8 Å². The number of carbonyl (C=O) groups excluding carboxylic acids is 1. The highest BCUT2D eigenvalue weighted by molar-refractivity contribution is 5.84. The number of esters is 1. The van der Waals surface area contributed by atoms with Crippen LogP contribution in [0.4, 0.5) is 0 Å². The van der Waals surface area contributed by atoms with Crippen LogP contribution in [-0.4, -0.2) is 36.4 Å².